The summed E-state index contributed by atoms with van der Waals surface area (Å²) in [5.74, 6) is 0. The van der Waals surface area contributed by atoms with Crippen molar-refractivity contribution in [2.24, 2.45) is 0 Å². The van der Waals surface area contributed by atoms with Gasteiger partial charge in [0.25, 0.3) is 0 Å². The maximum Gasteiger partial charge on any atom is 0.0759 e. The number of nitrogens with zero attached hydrogens (tertiary/aromatic N) is 2. The zero-order chi connectivity index (χ0) is 13.0. The molecular weight excluding hydrogens is 310 g/mol. The minimum Gasteiger partial charge on any atom is -0.309 e. The second-order valence-electron chi connectivity index (χ2n) is 4.10. The number of hydrogen-bond acceptors (Lipinski definition) is 4. The van der Waals surface area contributed by atoms with Crippen LogP contribution in [0.5, 0.6) is 0 Å². The predicted octanol–water partition coefficient (Wildman–Crippen LogP) is 3.50. The summed E-state index contributed by atoms with van der Waals surface area (Å²) >= 11 is 5.27. The van der Waals surface area contributed by atoms with Crippen LogP contribution in [0.25, 0.3) is 0 Å². The molecule has 5 heteroatoms. The fourth-order valence-electron chi connectivity index (χ4n) is 1.77. The van der Waals surface area contributed by atoms with Gasteiger partial charge in [-0.2, -0.15) is 0 Å². The lowest BCUT2D eigenvalue weighted by Crippen LogP contribution is -2.23. The molecule has 2 rings (SSSR count). The van der Waals surface area contributed by atoms with Crippen LogP contribution in [-0.4, -0.2) is 16.5 Å². The third-order valence-corrected chi connectivity index (χ3v) is 4.29. The van der Waals surface area contributed by atoms with E-state index in [1.54, 1.807) is 11.3 Å². The van der Waals surface area contributed by atoms with Gasteiger partial charge in [-0.1, -0.05) is 6.92 Å². The summed E-state index contributed by atoms with van der Waals surface area (Å²) in [6, 6.07) is 4.47. The van der Waals surface area contributed by atoms with Crippen LogP contribution in [0.4, 0.5) is 0 Å². The summed E-state index contributed by atoms with van der Waals surface area (Å²) in [6.45, 7) is 4.99. The molecule has 18 heavy (non-hydrogen) atoms. The molecule has 3 nitrogen and oxygen atoms in total. The normalized spacial score (nSPS) is 12.6. The second kappa shape index (κ2) is 6.41. The first-order valence-corrected chi connectivity index (χ1v) is 7.56. The minimum atomic E-state index is 0.230. The number of aryl methyl sites for hydroxylation is 1. The highest BCUT2D eigenvalue weighted by Gasteiger charge is 2.14. The van der Waals surface area contributed by atoms with Crippen LogP contribution in [0.15, 0.2) is 28.3 Å². The number of aromatic nitrogens is 2. The number of likely N-dealkylation sites (N-methyl/N-ethyl adjacent to an activating group) is 1. The highest BCUT2D eigenvalue weighted by Crippen LogP contribution is 2.26. The SMILES string of the molecule is CCNC(Cc1ccc(Br)s1)c1cnc(C)cn1. The van der Waals surface area contributed by atoms with Crippen molar-refractivity contribution in [2.45, 2.75) is 26.3 Å². The van der Waals surface area contributed by atoms with Gasteiger partial charge in [-0.3, -0.25) is 9.97 Å². The Morgan fingerprint density at radius 2 is 2.17 bits per heavy atom. The smallest absolute Gasteiger partial charge is 0.0759 e. The zero-order valence-corrected chi connectivity index (χ0v) is 12.9. The highest BCUT2D eigenvalue weighted by molar-refractivity contribution is 9.11. The third-order valence-electron chi connectivity index (χ3n) is 2.64. The van der Waals surface area contributed by atoms with Gasteiger partial charge in [0.15, 0.2) is 0 Å². The molecule has 0 radical (unpaired) electrons. The fourth-order valence-corrected chi connectivity index (χ4v) is 3.30. The topological polar surface area (TPSA) is 37.8 Å². The predicted molar refractivity (Wildman–Crippen MR) is 78.9 cm³/mol. The average Bonchev–Trinajstić information content (AvgIpc) is 2.75. The van der Waals surface area contributed by atoms with Gasteiger partial charge in [-0.25, -0.2) is 0 Å². The molecule has 0 amide bonds. The van der Waals surface area contributed by atoms with Crippen molar-refractivity contribution in [3.63, 3.8) is 0 Å². The first-order valence-electron chi connectivity index (χ1n) is 5.95. The molecule has 1 N–H and O–H groups in total. The van der Waals surface area contributed by atoms with Crippen LogP contribution >= 0.6 is 27.3 Å². The third kappa shape index (κ3) is 3.60. The van der Waals surface area contributed by atoms with Gasteiger partial charge in [0, 0.05) is 17.5 Å². The molecule has 0 aromatic carbocycles. The van der Waals surface area contributed by atoms with Crippen molar-refractivity contribution < 1.29 is 0 Å². The standard InChI is InChI=1S/C13H16BrN3S/c1-3-15-11(6-10-4-5-13(14)18-10)12-8-16-9(2)7-17-12/h4-5,7-8,11,15H,3,6H2,1-2H3. The van der Waals surface area contributed by atoms with E-state index in [9.17, 15) is 0 Å². The van der Waals surface area contributed by atoms with E-state index < -0.39 is 0 Å². The molecule has 0 spiro atoms. The lowest BCUT2D eigenvalue weighted by molar-refractivity contribution is 0.537. The lowest BCUT2D eigenvalue weighted by Gasteiger charge is -2.16. The quantitative estimate of drug-likeness (QED) is 0.914. The number of rotatable bonds is 5. The van der Waals surface area contributed by atoms with Crippen LogP contribution in [0.1, 0.15) is 29.2 Å². The van der Waals surface area contributed by atoms with E-state index >= 15 is 0 Å². The van der Waals surface area contributed by atoms with Crippen molar-refractivity contribution in [1.29, 1.82) is 0 Å². The number of thiophene rings is 1. The van der Waals surface area contributed by atoms with E-state index in [0.717, 1.165) is 24.4 Å². The van der Waals surface area contributed by atoms with Crippen molar-refractivity contribution in [1.82, 2.24) is 15.3 Å². The summed E-state index contributed by atoms with van der Waals surface area (Å²) in [6.07, 6.45) is 4.64. The van der Waals surface area contributed by atoms with E-state index in [-0.39, 0.29) is 6.04 Å². The van der Waals surface area contributed by atoms with Crippen molar-refractivity contribution in [3.8, 4) is 0 Å². The van der Waals surface area contributed by atoms with E-state index in [0.29, 0.717) is 0 Å². The Hall–Kier alpha value is -0.780. The first kappa shape index (κ1) is 13.6. The molecule has 0 fully saturated rings. The molecule has 0 saturated heterocycles. The number of halogens is 1. The van der Waals surface area contributed by atoms with Gasteiger partial charge in [0.1, 0.15) is 0 Å². The Bertz CT molecular complexity index is 495. The van der Waals surface area contributed by atoms with E-state index in [4.69, 9.17) is 0 Å². The molecule has 2 heterocycles. The van der Waals surface area contributed by atoms with Crippen LogP contribution in [-0.2, 0) is 6.42 Å². The van der Waals surface area contributed by atoms with Crippen LogP contribution in [0, 0.1) is 6.92 Å². The number of nitrogens with one attached hydrogen (secondary N) is 1. The van der Waals surface area contributed by atoms with E-state index in [1.165, 1.54) is 8.66 Å². The molecule has 0 aliphatic rings. The van der Waals surface area contributed by atoms with Gasteiger partial charge < -0.3 is 5.32 Å². The monoisotopic (exact) mass is 325 g/mol. The molecule has 0 aliphatic heterocycles. The Morgan fingerprint density at radius 1 is 1.33 bits per heavy atom. The van der Waals surface area contributed by atoms with E-state index in [1.807, 2.05) is 19.3 Å². The van der Waals surface area contributed by atoms with Crippen LogP contribution in [0.2, 0.25) is 0 Å². The zero-order valence-electron chi connectivity index (χ0n) is 10.5. The number of hydrogen-bond donors (Lipinski definition) is 1. The molecule has 1 unspecified atom stereocenters. The molecule has 0 saturated carbocycles. The van der Waals surface area contributed by atoms with Gasteiger partial charge >= 0.3 is 0 Å². The van der Waals surface area contributed by atoms with Crippen molar-refractivity contribution in [2.75, 3.05) is 6.54 Å². The first-order chi connectivity index (χ1) is 8.69. The maximum absolute atomic E-state index is 4.47. The van der Waals surface area contributed by atoms with Gasteiger partial charge in [-0.15, -0.1) is 11.3 Å². The fraction of sp³-hybridized carbons (Fsp3) is 0.385. The molecule has 2 aromatic heterocycles. The molecule has 1 atom stereocenters. The summed E-state index contributed by atoms with van der Waals surface area (Å²) in [7, 11) is 0. The average molecular weight is 326 g/mol. The molecular formula is C13H16BrN3S. The maximum atomic E-state index is 4.47. The largest absolute Gasteiger partial charge is 0.309 e. The molecule has 0 aliphatic carbocycles. The molecule has 96 valence electrons. The van der Waals surface area contributed by atoms with Crippen LogP contribution in [0.3, 0.4) is 0 Å². The Labute approximate surface area is 120 Å². The highest BCUT2D eigenvalue weighted by atomic mass is 79.9. The van der Waals surface area contributed by atoms with Crippen molar-refractivity contribution in [3.05, 3.63) is 44.6 Å². The lowest BCUT2D eigenvalue weighted by atomic mass is 10.1. The Kier molecular flexibility index (Phi) is 4.86. The summed E-state index contributed by atoms with van der Waals surface area (Å²) in [5.41, 5.74) is 1.96. The summed E-state index contributed by atoms with van der Waals surface area (Å²) in [4.78, 5) is 10.1. The summed E-state index contributed by atoms with van der Waals surface area (Å²) < 4.78 is 1.17. The van der Waals surface area contributed by atoms with Gasteiger partial charge in [0.2, 0.25) is 0 Å². The summed E-state index contributed by atoms with van der Waals surface area (Å²) in [5, 5.41) is 3.46. The van der Waals surface area contributed by atoms with Gasteiger partial charge in [-0.05, 0) is 41.5 Å². The van der Waals surface area contributed by atoms with Gasteiger partial charge in [0.05, 0.1) is 27.4 Å². The molecule has 2 aromatic rings. The molecule has 0 bridgehead atoms. The minimum absolute atomic E-state index is 0.230. The van der Waals surface area contributed by atoms with Crippen LogP contribution < -0.4 is 5.32 Å². The van der Waals surface area contributed by atoms with E-state index in [2.05, 4.69) is 50.3 Å². The Morgan fingerprint density at radius 3 is 2.72 bits per heavy atom. The Balaban J connectivity index is 2.14. The second-order valence-corrected chi connectivity index (χ2v) is 6.65. The van der Waals surface area contributed by atoms with Crippen molar-refractivity contribution >= 4 is 27.3 Å².